The summed E-state index contributed by atoms with van der Waals surface area (Å²) in [6, 6.07) is 25.4. The maximum absolute atomic E-state index is 12.8. The number of anilines is 1. The van der Waals surface area contributed by atoms with E-state index in [1.54, 1.807) is 54.6 Å². The first kappa shape index (κ1) is 23.6. The van der Waals surface area contributed by atoms with Crippen LogP contribution >= 0.6 is 0 Å². The third kappa shape index (κ3) is 5.69. The molecule has 0 aliphatic heterocycles. The predicted molar refractivity (Wildman–Crippen MR) is 131 cm³/mol. The SMILES string of the molecule is O=C(Nc1ccccc1)c1ccc(O)c(N=Nc2ccc([S+]([O-])c3ccccc3)cc2[N+](=O)[O-])c1. The van der Waals surface area contributed by atoms with Crippen LogP contribution in [-0.4, -0.2) is 20.5 Å². The fraction of sp³-hybridized carbons (Fsp3) is 0. The Morgan fingerprint density at radius 1 is 0.829 bits per heavy atom. The van der Waals surface area contributed by atoms with Gasteiger partial charge in [0.1, 0.15) is 11.4 Å². The number of nitro benzene ring substituents is 1. The quantitative estimate of drug-likeness (QED) is 0.140. The van der Waals surface area contributed by atoms with Crippen molar-refractivity contribution in [1.82, 2.24) is 0 Å². The Morgan fingerprint density at radius 2 is 1.49 bits per heavy atom. The molecule has 4 aromatic carbocycles. The van der Waals surface area contributed by atoms with Crippen molar-refractivity contribution in [3.05, 3.63) is 113 Å². The second-order valence-corrected chi connectivity index (χ2v) is 8.69. The number of nitrogens with one attached hydrogen (secondary N) is 1. The van der Waals surface area contributed by atoms with E-state index in [1.165, 1.54) is 36.4 Å². The van der Waals surface area contributed by atoms with Crippen molar-refractivity contribution in [1.29, 1.82) is 0 Å². The minimum atomic E-state index is -1.61. The molecule has 1 atom stereocenters. The van der Waals surface area contributed by atoms with Crippen LogP contribution in [0.5, 0.6) is 5.75 Å². The number of carbonyl (C=O) groups excluding carboxylic acids is 1. The summed E-state index contributed by atoms with van der Waals surface area (Å²) in [5.41, 5.74) is 0.272. The minimum absolute atomic E-state index is 0.0445. The van der Waals surface area contributed by atoms with Gasteiger partial charge >= 0.3 is 5.69 Å². The zero-order valence-corrected chi connectivity index (χ0v) is 18.9. The maximum Gasteiger partial charge on any atom is 0.301 e. The van der Waals surface area contributed by atoms with Crippen LogP contribution in [0.2, 0.25) is 0 Å². The predicted octanol–water partition coefficient (Wildman–Crippen LogP) is 6.13. The topological polar surface area (TPSA) is 140 Å². The van der Waals surface area contributed by atoms with E-state index in [-0.39, 0.29) is 27.6 Å². The van der Waals surface area contributed by atoms with Crippen molar-refractivity contribution in [3.63, 3.8) is 0 Å². The number of rotatable bonds is 7. The summed E-state index contributed by atoms with van der Waals surface area (Å²) in [6.07, 6.45) is 0. The number of carbonyl (C=O) groups is 1. The molecule has 4 rings (SSSR count). The van der Waals surface area contributed by atoms with E-state index >= 15 is 0 Å². The summed E-state index contributed by atoms with van der Waals surface area (Å²) in [6.45, 7) is 0. The smallest absolute Gasteiger partial charge is 0.301 e. The molecule has 1 amide bonds. The van der Waals surface area contributed by atoms with Gasteiger partial charge in [-0.15, -0.1) is 10.2 Å². The number of phenolic OH excluding ortho intramolecular Hbond substituents is 1. The molecule has 0 saturated carbocycles. The number of hydrogen-bond acceptors (Lipinski definition) is 7. The highest BCUT2D eigenvalue weighted by atomic mass is 32.2. The second-order valence-electron chi connectivity index (χ2n) is 7.21. The van der Waals surface area contributed by atoms with Crippen LogP contribution in [0.3, 0.4) is 0 Å². The molecule has 2 N–H and O–H groups in total. The standard InChI is InChI=1S/C25H18N4O5S/c30-24-14-11-17(25(31)26-18-7-3-1-4-8-18)15-22(24)28-27-21-13-12-20(16-23(21)29(32)33)35(34)19-9-5-2-6-10-19/h1-16,30H,(H,26,31). The van der Waals surface area contributed by atoms with Gasteiger partial charge in [-0.3, -0.25) is 14.9 Å². The van der Waals surface area contributed by atoms with Gasteiger partial charge in [0.2, 0.25) is 0 Å². The molecule has 0 spiro atoms. The number of benzene rings is 4. The van der Waals surface area contributed by atoms with Crippen LogP contribution in [0.25, 0.3) is 0 Å². The van der Waals surface area contributed by atoms with E-state index in [2.05, 4.69) is 15.5 Å². The largest absolute Gasteiger partial charge is 0.606 e. The summed E-state index contributed by atoms with van der Waals surface area (Å²) in [5, 5.41) is 32.3. The highest BCUT2D eigenvalue weighted by Crippen LogP contribution is 2.35. The normalized spacial score (nSPS) is 11.8. The Bertz CT molecular complexity index is 1400. The first-order valence-electron chi connectivity index (χ1n) is 10.3. The molecule has 0 bridgehead atoms. The fourth-order valence-electron chi connectivity index (χ4n) is 3.11. The number of nitrogens with zero attached hydrogens (tertiary/aromatic N) is 3. The Hall–Kier alpha value is -4.54. The molecule has 10 heteroatoms. The molecule has 35 heavy (non-hydrogen) atoms. The second kappa shape index (κ2) is 10.6. The van der Waals surface area contributed by atoms with Crippen LogP contribution in [0.15, 0.2) is 117 Å². The number of phenols is 1. The zero-order valence-electron chi connectivity index (χ0n) is 18.1. The first-order chi connectivity index (χ1) is 16.9. The lowest BCUT2D eigenvalue weighted by atomic mass is 10.1. The summed E-state index contributed by atoms with van der Waals surface area (Å²) >= 11 is -1.61. The van der Waals surface area contributed by atoms with Crippen molar-refractivity contribution < 1.29 is 19.4 Å². The molecule has 0 radical (unpaired) electrons. The molecule has 4 aromatic rings. The summed E-state index contributed by atoms with van der Waals surface area (Å²) < 4.78 is 12.8. The highest BCUT2D eigenvalue weighted by molar-refractivity contribution is 7.91. The van der Waals surface area contributed by atoms with Crippen LogP contribution < -0.4 is 5.32 Å². The lowest BCUT2D eigenvalue weighted by Gasteiger charge is -2.09. The molecular formula is C25H18N4O5S. The van der Waals surface area contributed by atoms with E-state index < -0.39 is 27.7 Å². The number of hydrogen-bond donors (Lipinski definition) is 2. The van der Waals surface area contributed by atoms with Gasteiger partial charge in [-0.05, 0) is 54.6 Å². The molecule has 0 aliphatic carbocycles. The van der Waals surface area contributed by atoms with Crippen molar-refractivity contribution in [3.8, 4) is 5.75 Å². The molecule has 0 heterocycles. The molecular weight excluding hydrogens is 468 g/mol. The van der Waals surface area contributed by atoms with E-state index in [0.717, 1.165) is 0 Å². The van der Waals surface area contributed by atoms with Crippen molar-refractivity contribution in [2.24, 2.45) is 10.2 Å². The fourth-order valence-corrected chi connectivity index (χ4v) is 4.19. The summed E-state index contributed by atoms with van der Waals surface area (Å²) in [4.78, 5) is 24.3. The van der Waals surface area contributed by atoms with Crippen LogP contribution in [0, 0.1) is 10.1 Å². The van der Waals surface area contributed by atoms with Gasteiger partial charge in [-0.1, -0.05) is 36.4 Å². The Labute approximate surface area is 203 Å². The molecule has 9 nitrogen and oxygen atoms in total. The third-order valence-corrected chi connectivity index (χ3v) is 6.23. The number of azo groups is 1. The lowest BCUT2D eigenvalue weighted by molar-refractivity contribution is -0.384. The van der Waals surface area contributed by atoms with Gasteiger partial charge in [0.25, 0.3) is 5.91 Å². The van der Waals surface area contributed by atoms with Crippen LogP contribution in [0.1, 0.15) is 10.4 Å². The summed E-state index contributed by atoms with van der Waals surface area (Å²) in [5.74, 6) is -0.680. The number of aromatic hydroxyl groups is 1. The Balaban J connectivity index is 1.60. The molecule has 0 aromatic heterocycles. The van der Waals surface area contributed by atoms with Crippen LogP contribution in [-0.2, 0) is 11.2 Å². The zero-order chi connectivity index (χ0) is 24.8. The van der Waals surface area contributed by atoms with Gasteiger partial charge in [0.15, 0.2) is 15.5 Å². The molecule has 1 unspecified atom stereocenters. The first-order valence-corrected chi connectivity index (χ1v) is 11.4. The molecule has 0 fully saturated rings. The van der Waals surface area contributed by atoms with E-state index in [4.69, 9.17) is 0 Å². The van der Waals surface area contributed by atoms with Crippen molar-refractivity contribution in [2.45, 2.75) is 9.79 Å². The van der Waals surface area contributed by atoms with Gasteiger partial charge in [-0.2, -0.15) is 0 Å². The van der Waals surface area contributed by atoms with Gasteiger partial charge in [0.05, 0.1) is 11.0 Å². The average Bonchev–Trinajstić information content (AvgIpc) is 2.88. The number of amides is 1. The van der Waals surface area contributed by atoms with E-state index in [9.17, 15) is 24.6 Å². The summed E-state index contributed by atoms with van der Waals surface area (Å²) in [7, 11) is 0. The van der Waals surface area contributed by atoms with E-state index in [1.807, 2.05) is 6.07 Å². The minimum Gasteiger partial charge on any atom is -0.606 e. The third-order valence-electron chi connectivity index (χ3n) is 4.85. The molecule has 174 valence electrons. The molecule has 0 aliphatic rings. The van der Waals surface area contributed by atoms with Crippen molar-refractivity contribution in [2.75, 3.05) is 5.32 Å². The monoisotopic (exact) mass is 486 g/mol. The van der Waals surface area contributed by atoms with Crippen LogP contribution in [0.4, 0.5) is 22.7 Å². The number of nitro groups is 1. The average molecular weight is 487 g/mol. The maximum atomic E-state index is 12.8. The Morgan fingerprint density at radius 3 is 2.17 bits per heavy atom. The van der Waals surface area contributed by atoms with E-state index in [0.29, 0.717) is 10.6 Å². The number of para-hydroxylation sites is 1. The van der Waals surface area contributed by atoms with Gasteiger partial charge < -0.3 is 15.0 Å². The highest BCUT2D eigenvalue weighted by Gasteiger charge is 2.22. The molecule has 0 saturated heterocycles. The van der Waals surface area contributed by atoms with Crippen molar-refractivity contribution >= 4 is 39.8 Å². The van der Waals surface area contributed by atoms with Gasteiger partial charge in [-0.25, -0.2) is 0 Å². The van der Waals surface area contributed by atoms with Gasteiger partial charge in [0, 0.05) is 22.4 Å². The Kier molecular flexibility index (Phi) is 7.15. The lowest BCUT2D eigenvalue weighted by Crippen LogP contribution is -2.11.